The highest BCUT2D eigenvalue weighted by Crippen LogP contribution is 2.15. The number of amides is 1. The first-order valence-electron chi connectivity index (χ1n) is 7.31. The minimum atomic E-state index is -0.0727. The molecular weight excluding hydrogens is 268 g/mol. The van der Waals surface area contributed by atoms with E-state index in [0.717, 1.165) is 24.4 Å². The molecule has 5 heteroatoms. The van der Waals surface area contributed by atoms with E-state index in [-0.39, 0.29) is 24.0 Å². The fourth-order valence-corrected chi connectivity index (χ4v) is 2.58. The highest BCUT2D eigenvalue weighted by atomic mass is 16.5. The third kappa shape index (κ3) is 4.19. The van der Waals surface area contributed by atoms with Gasteiger partial charge < -0.3 is 20.1 Å². The Balaban J connectivity index is 1.86. The summed E-state index contributed by atoms with van der Waals surface area (Å²) in [4.78, 5) is 12.3. The smallest absolute Gasteiger partial charge is 0.223 e. The molecule has 5 nitrogen and oxygen atoms in total. The maximum absolute atomic E-state index is 12.3. The number of rotatable bonds is 6. The van der Waals surface area contributed by atoms with E-state index in [1.165, 1.54) is 0 Å². The van der Waals surface area contributed by atoms with Gasteiger partial charge in [-0.3, -0.25) is 4.79 Å². The lowest BCUT2D eigenvalue weighted by molar-refractivity contribution is -0.125. The van der Waals surface area contributed by atoms with Crippen molar-refractivity contribution in [1.82, 2.24) is 10.6 Å². The Hall–Kier alpha value is -1.59. The molecule has 1 aliphatic rings. The zero-order valence-electron chi connectivity index (χ0n) is 12.9. The first-order valence-corrected chi connectivity index (χ1v) is 7.31. The minimum absolute atomic E-state index is 0.0563. The van der Waals surface area contributed by atoms with E-state index in [2.05, 4.69) is 10.6 Å². The van der Waals surface area contributed by atoms with Gasteiger partial charge in [-0.05, 0) is 24.1 Å². The Morgan fingerprint density at radius 1 is 1.33 bits per heavy atom. The molecule has 0 bridgehead atoms. The van der Waals surface area contributed by atoms with Crippen LogP contribution in [0.3, 0.4) is 0 Å². The Kier molecular flexibility index (Phi) is 5.59. The van der Waals surface area contributed by atoms with E-state index >= 15 is 0 Å². The van der Waals surface area contributed by atoms with Crippen molar-refractivity contribution in [3.8, 4) is 5.75 Å². The topological polar surface area (TPSA) is 59.6 Å². The van der Waals surface area contributed by atoms with E-state index < -0.39 is 0 Å². The highest BCUT2D eigenvalue weighted by molar-refractivity contribution is 5.79. The maximum atomic E-state index is 12.3. The molecule has 0 unspecified atom stereocenters. The lowest BCUT2D eigenvalue weighted by Gasteiger charge is -2.21. The molecule has 1 heterocycles. The van der Waals surface area contributed by atoms with Crippen molar-refractivity contribution in [2.24, 2.45) is 5.92 Å². The Bertz CT molecular complexity index is 461. The van der Waals surface area contributed by atoms with Crippen molar-refractivity contribution in [3.05, 3.63) is 29.8 Å². The van der Waals surface area contributed by atoms with E-state index in [1.807, 2.05) is 31.2 Å². The molecule has 0 spiro atoms. The lowest BCUT2D eigenvalue weighted by atomic mass is 9.99. The predicted molar refractivity (Wildman–Crippen MR) is 81.5 cm³/mol. The van der Waals surface area contributed by atoms with Crippen LogP contribution in [0.25, 0.3) is 0 Å². The monoisotopic (exact) mass is 292 g/mol. The number of nitrogens with one attached hydrogen (secondary N) is 2. The molecule has 1 aromatic rings. The zero-order chi connectivity index (χ0) is 15.2. The zero-order valence-corrected chi connectivity index (χ0v) is 12.9. The van der Waals surface area contributed by atoms with Crippen LogP contribution in [0.2, 0.25) is 0 Å². The van der Waals surface area contributed by atoms with Gasteiger partial charge in [0.15, 0.2) is 0 Å². The molecule has 2 N–H and O–H groups in total. The van der Waals surface area contributed by atoms with Gasteiger partial charge in [-0.1, -0.05) is 19.1 Å². The number of benzene rings is 1. The summed E-state index contributed by atoms with van der Waals surface area (Å²) in [5.41, 5.74) is 1.13. The number of carbonyl (C=O) groups is 1. The quantitative estimate of drug-likeness (QED) is 0.820. The summed E-state index contributed by atoms with van der Waals surface area (Å²) < 4.78 is 10.5. The van der Waals surface area contributed by atoms with Gasteiger partial charge in [-0.15, -0.1) is 0 Å². The molecule has 1 fully saturated rings. The van der Waals surface area contributed by atoms with Gasteiger partial charge in [0.2, 0.25) is 5.91 Å². The van der Waals surface area contributed by atoms with Gasteiger partial charge >= 0.3 is 0 Å². The normalized spacial score (nSPS) is 22.8. The third-order valence-corrected chi connectivity index (χ3v) is 3.94. The van der Waals surface area contributed by atoms with Crippen molar-refractivity contribution >= 4 is 5.91 Å². The van der Waals surface area contributed by atoms with E-state index in [0.29, 0.717) is 6.42 Å². The van der Waals surface area contributed by atoms with Gasteiger partial charge in [-0.25, -0.2) is 0 Å². The van der Waals surface area contributed by atoms with Gasteiger partial charge in [-0.2, -0.15) is 0 Å². The Morgan fingerprint density at radius 2 is 2.05 bits per heavy atom. The highest BCUT2D eigenvalue weighted by Gasteiger charge is 2.29. The summed E-state index contributed by atoms with van der Waals surface area (Å²) in [5.74, 6) is 0.828. The second-order valence-corrected chi connectivity index (χ2v) is 5.50. The molecule has 21 heavy (non-hydrogen) atoms. The van der Waals surface area contributed by atoms with Gasteiger partial charge in [0.25, 0.3) is 0 Å². The molecule has 116 valence electrons. The number of methoxy groups -OCH3 is 2. The molecule has 0 saturated carbocycles. The molecular formula is C16H24N2O3. The second-order valence-electron chi connectivity index (χ2n) is 5.50. The van der Waals surface area contributed by atoms with Crippen LogP contribution in [-0.4, -0.2) is 45.4 Å². The molecule has 1 amide bonds. The standard InChI is InChI=1S/C16H24N2O3/c1-11(8-12-4-6-13(20-2)7-5-12)16(19)18-14-9-17-10-15(14)21-3/h4-7,11,14-15,17H,8-10H2,1-3H3,(H,18,19)/t11-,14-,15+/m1/s1. The summed E-state index contributed by atoms with van der Waals surface area (Å²) in [5, 5.41) is 6.30. The molecule has 2 rings (SSSR count). The maximum Gasteiger partial charge on any atom is 0.223 e. The van der Waals surface area contributed by atoms with Crippen LogP contribution in [0.4, 0.5) is 0 Å². The summed E-state index contributed by atoms with van der Waals surface area (Å²) in [6, 6.07) is 7.89. The van der Waals surface area contributed by atoms with Gasteiger partial charge in [0.05, 0.1) is 19.3 Å². The van der Waals surface area contributed by atoms with Crippen LogP contribution < -0.4 is 15.4 Å². The van der Waals surface area contributed by atoms with Crippen LogP contribution in [-0.2, 0) is 16.0 Å². The average Bonchev–Trinajstić information content (AvgIpc) is 2.95. The first kappa shape index (κ1) is 15.8. The van der Waals surface area contributed by atoms with Crippen LogP contribution in [0, 0.1) is 5.92 Å². The Morgan fingerprint density at radius 3 is 2.67 bits per heavy atom. The van der Waals surface area contributed by atoms with Crippen LogP contribution >= 0.6 is 0 Å². The van der Waals surface area contributed by atoms with Crippen molar-refractivity contribution in [1.29, 1.82) is 0 Å². The van der Waals surface area contributed by atoms with E-state index in [9.17, 15) is 4.79 Å². The fraction of sp³-hybridized carbons (Fsp3) is 0.562. The van der Waals surface area contributed by atoms with E-state index in [4.69, 9.17) is 9.47 Å². The Labute approximate surface area is 126 Å². The number of carbonyl (C=O) groups excluding carboxylic acids is 1. The summed E-state index contributed by atoms with van der Waals surface area (Å²) in [7, 11) is 3.32. The molecule has 0 aromatic heterocycles. The second kappa shape index (κ2) is 7.43. The average molecular weight is 292 g/mol. The molecule has 1 aliphatic heterocycles. The summed E-state index contributed by atoms with van der Waals surface area (Å²) >= 11 is 0. The molecule has 3 atom stereocenters. The molecule has 0 aliphatic carbocycles. The molecule has 1 saturated heterocycles. The summed E-state index contributed by atoms with van der Waals surface area (Å²) in [6.45, 7) is 3.50. The number of hydrogen-bond donors (Lipinski definition) is 2. The van der Waals surface area contributed by atoms with Crippen molar-refractivity contribution in [2.75, 3.05) is 27.3 Å². The SMILES string of the molecule is COc1ccc(C[C@@H](C)C(=O)N[C@@H]2CNC[C@@H]2OC)cc1. The minimum Gasteiger partial charge on any atom is -0.497 e. The van der Waals surface area contributed by atoms with Crippen molar-refractivity contribution in [2.45, 2.75) is 25.5 Å². The number of ether oxygens (including phenoxy) is 2. The van der Waals surface area contributed by atoms with Gasteiger partial charge in [0, 0.05) is 26.1 Å². The number of hydrogen-bond acceptors (Lipinski definition) is 4. The van der Waals surface area contributed by atoms with E-state index in [1.54, 1.807) is 14.2 Å². The lowest BCUT2D eigenvalue weighted by Crippen LogP contribution is -2.45. The third-order valence-electron chi connectivity index (χ3n) is 3.94. The van der Waals surface area contributed by atoms with Crippen LogP contribution in [0.5, 0.6) is 5.75 Å². The first-order chi connectivity index (χ1) is 10.1. The van der Waals surface area contributed by atoms with Crippen molar-refractivity contribution < 1.29 is 14.3 Å². The molecule has 1 aromatic carbocycles. The van der Waals surface area contributed by atoms with Crippen molar-refractivity contribution in [3.63, 3.8) is 0 Å². The van der Waals surface area contributed by atoms with Gasteiger partial charge in [0.1, 0.15) is 5.75 Å². The summed E-state index contributed by atoms with van der Waals surface area (Å²) in [6.07, 6.45) is 0.773. The molecule has 0 radical (unpaired) electrons. The predicted octanol–water partition coefficient (Wildman–Crippen LogP) is 0.977. The fourth-order valence-electron chi connectivity index (χ4n) is 2.58. The van der Waals surface area contributed by atoms with Crippen LogP contribution in [0.15, 0.2) is 24.3 Å². The largest absolute Gasteiger partial charge is 0.497 e. The van der Waals surface area contributed by atoms with Crippen LogP contribution in [0.1, 0.15) is 12.5 Å².